The Morgan fingerprint density at radius 1 is 1.28 bits per heavy atom. The van der Waals surface area contributed by atoms with Crippen LogP contribution in [0.1, 0.15) is 35.7 Å². The second-order valence-electron chi connectivity index (χ2n) is 5.20. The van der Waals surface area contributed by atoms with Crippen LogP contribution in [-0.2, 0) is 0 Å². The van der Waals surface area contributed by atoms with E-state index in [0.29, 0.717) is 6.04 Å². The SMILES string of the molecule is COc1cc(C)cc2c(C)c(C3CCCN3)[nH]c12. The largest absolute Gasteiger partial charge is 0.495 e. The van der Waals surface area contributed by atoms with Gasteiger partial charge in [-0.05, 0) is 56.5 Å². The topological polar surface area (TPSA) is 37.0 Å². The zero-order valence-electron chi connectivity index (χ0n) is 11.3. The molecule has 1 fully saturated rings. The average Bonchev–Trinajstić information content (AvgIpc) is 2.97. The van der Waals surface area contributed by atoms with Gasteiger partial charge in [0, 0.05) is 17.1 Å². The molecular weight excluding hydrogens is 224 g/mol. The lowest BCUT2D eigenvalue weighted by atomic mass is 10.0. The van der Waals surface area contributed by atoms with Crippen molar-refractivity contribution in [3.63, 3.8) is 0 Å². The molecule has 1 aromatic carbocycles. The lowest BCUT2D eigenvalue weighted by Crippen LogP contribution is -2.13. The fraction of sp³-hybridized carbons (Fsp3) is 0.467. The van der Waals surface area contributed by atoms with E-state index in [4.69, 9.17) is 4.74 Å². The third-order valence-corrected chi connectivity index (χ3v) is 3.94. The summed E-state index contributed by atoms with van der Waals surface area (Å²) >= 11 is 0. The number of nitrogens with one attached hydrogen (secondary N) is 2. The summed E-state index contributed by atoms with van der Waals surface area (Å²) in [5.74, 6) is 0.942. The number of aryl methyl sites for hydroxylation is 2. The van der Waals surface area contributed by atoms with E-state index in [1.807, 2.05) is 0 Å². The first-order valence-corrected chi connectivity index (χ1v) is 6.61. The van der Waals surface area contributed by atoms with Crippen LogP contribution in [0.25, 0.3) is 10.9 Å². The second kappa shape index (κ2) is 4.32. The molecule has 18 heavy (non-hydrogen) atoms. The number of benzene rings is 1. The molecule has 0 aliphatic carbocycles. The minimum absolute atomic E-state index is 0.474. The van der Waals surface area contributed by atoms with Gasteiger partial charge >= 0.3 is 0 Å². The highest BCUT2D eigenvalue weighted by atomic mass is 16.5. The van der Waals surface area contributed by atoms with E-state index in [1.54, 1.807) is 7.11 Å². The molecule has 2 N–H and O–H groups in total. The third-order valence-electron chi connectivity index (χ3n) is 3.94. The summed E-state index contributed by atoms with van der Waals surface area (Å²) in [6.45, 7) is 5.44. The van der Waals surface area contributed by atoms with E-state index in [-0.39, 0.29) is 0 Å². The Hall–Kier alpha value is -1.48. The van der Waals surface area contributed by atoms with Gasteiger partial charge in [0.05, 0.1) is 12.6 Å². The summed E-state index contributed by atoms with van der Waals surface area (Å²) in [6.07, 6.45) is 2.48. The molecule has 0 saturated carbocycles. The first kappa shape index (κ1) is 11.6. The number of rotatable bonds is 2. The van der Waals surface area contributed by atoms with E-state index in [2.05, 4.69) is 36.3 Å². The molecule has 2 heterocycles. The molecule has 3 nitrogen and oxygen atoms in total. The van der Waals surface area contributed by atoms with Crippen LogP contribution in [0.15, 0.2) is 12.1 Å². The Bertz CT molecular complexity index is 580. The predicted molar refractivity (Wildman–Crippen MR) is 74.3 cm³/mol. The fourth-order valence-electron chi connectivity index (χ4n) is 2.99. The highest BCUT2D eigenvalue weighted by molar-refractivity contribution is 5.90. The van der Waals surface area contributed by atoms with Gasteiger partial charge in [-0.3, -0.25) is 0 Å². The number of aromatic amines is 1. The number of ether oxygens (including phenoxy) is 1. The Labute approximate surface area is 108 Å². The number of aromatic nitrogens is 1. The maximum atomic E-state index is 5.49. The van der Waals surface area contributed by atoms with Gasteiger partial charge in [0.2, 0.25) is 0 Å². The quantitative estimate of drug-likeness (QED) is 0.851. The van der Waals surface area contributed by atoms with Gasteiger partial charge in [-0.1, -0.05) is 0 Å². The van der Waals surface area contributed by atoms with Crippen molar-refractivity contribution >= 4 is 10.9 Å². The van der Waals surface area contributed by atoms with Gasteiger partial charge in [0.1, 0.15) is 5.75 Å². The van der Waals surface area contributed by atoms with E-state index in [1.165, 1.54) is 35.0 Å². The molecule has 1 unspecified atom stereocenters. The van der Waals surface area contributed by atoms with Crippen molar-refractivity contribution in [1.82, 2.24) is 10.3 Å². The molecule has 96 valence electrons. The molecule has 1 aliphatic rings. The predicted octanol–water partition coefficient (Wildman–Crippen LogP) is 3.22. The summed E-state index contributed by atoms with van der Waals surface area (Å²) in [6, 6.07) is 4.80. The van der Waals surface area contributed by atoms with Gasteiger partial charge in [-0.2, -0.15) is 0 Å². The summed E-state index contributed by atoms with van der Waals surface area (Å²) in [5, 5.41) is 4.84. The number of hydrogen-bond donors (Lipinski definition) is 2. The van der Waals surface area contributed by atoms with Crippen molar-refractivity contribution < 1.29 is 4.74 Å². The van der Waals surface area contributed by atoms with Crippen LogP contribution >= 0.6 is 0 Å². The van der Waals surface area contributed by atoms with Crippen LogP contribution < -0.4 is 10.1 Å². The summed E-state index contributed by atoms with van der Waals surface area (Å²) in [4.78, 5) is 3.57. The van der Waals surface area contributed by atoms with Crippen LogP contribution in [0.3, 0.4) is 0 Å². The summed E-state index contributed by atoms with van der Waals surface area (Å²) < 4.78 is 5.49. The Morgan fingerprint density at radius 3 is 2.78 bits per heavy atom. The standard InChI is InChI=1S/C15H20N2O/c1-9-7-11-10(2)14(12-5-4-6-16-12)17-15(11)13(8-9)18-3/h7-8,12,16-17H,4-6H2,1-3H3. The van der Waals surface area contributed by atoms with Crippen molar-refractivity contribution in [2.45, 2.75) is 32.7 Å². The summed E-state index contributed by atoms with van der Waals surface area (Å²) in [7, 11) is 1.73. The number of fused-ring (bicyclic) bond motifs is 1. The number of H-pyrrole nitrogens is 1. The van der Waals surface area contributed by atoms with Gasteiger partial charge in [-0.25, -0.2) is 0 Å². The minimum atomic E-state index is 0.474. The van der Waals surface area contributed by atoms with E-state index in [9.17, 15) is 0 Å². The first-order valence-electron chi connectivity index (χ1n) is 6.61. The normalized spacial score (nSPS) is 19.6. The van der Waals surface area contributed by atoms with Crippen molar-refractivity contribution in [3.8, 4) is 5.75 Å². The lowest BCUT2D eigenvalue weighted by Gasteiger charge is -2.09. The Kier molecular flexibility index (Phi) is 2.78. The zero-order chi connectivity index (χ0) is 12.7. The van der Waals surface area contributed by atoms with Gasteiger partial charge < -0.3 is 15.0 Å². The third kappa shape index (κ3) is 1.70. The van der Waals surface area contributed by atoms with Crippen LogP contribution in [0.4, 0.5) is 0 Å². The maximum absolute atomic E-state index is 5.49. The molecule has 1 aromatic heterocycles. The van der Waals surface area contributed by atoms with Gasteiger partial charge in [-0.15, -0.1) is 0 Å². The van der Waals surface area contributed by atoms with Gasteiger partial charge in [0.25, 0.3) is 0 Å². The number of methoxy groups -OCH3 is 1. The Morgan fingerprint density at radius 2 is 2.11 bits per heavy atom. The fourth-order valence-corrected chi connectivity index (χ4v) is 2.99. The van der Waals surface area contributed by atoms with Crippen molar-refractivity contribution in [2.75, 3.05) is 13.7 Å². The monoisotopic (exact) mass is 244 g/mol. The van der Waals surface area contributed by atoms with Crippen LogP contribution in [0.2, 0.25) is 0 Å². The van der Waals surface area contributed by atoms with Crippen molar-refractivity contribution in [1.29, 1.82) is 0 Å². The van der Waals surface area contributed by atoms with Crippen molar-refractivity contribution in [3.05, 3.63) is 29.0 Å². The molecule has 0 bridgehead atoms. The van der Waals surface area contributed by atoms with Crippen LogP contribution in [0.5, 0.6) is 5.75 Å². The number of hydrogen-bond acceptors (Lipinski definition) is 2. The summed E-state index contributed by atoms with van der Waals surface area (Å²) in [5.41, 5.74) is 5.05. The smallest absolute Gasteiger partial charge is 0.143 e. The lowest BCUT2D eigenvalue weighted by molar-refractivity contribution is 0.418. The second-order valence-corrected chi connectivity index (χ2v) is 5.20. The molecule has 1 saturated heterocycles. The van der Waals surface area contributed by atoms with E-state index < -0.39 is 0 Å². The minimum Gasteiger partial charge on any atom is -0.495 e. The highest BCUT2D eigenvalue weighted by Gasteiger charge is 2.22. The molecule has 2 aromatic rings. The molecule has 0 spiro atoms. The molecule has 3 rings (SSSR count). The molecule has 1 aliphatic heterocycles. The van der Waals surface area contributed by atoms with Crippen LogP contribution in [-0.4, -0.2) is 18.6 Å². The molecule has 3 heteroatoms. The molecule has 0 radical (unpaired) electrons. The van der Waals surface area contributed by atoms with E-state index >= 15 is 0 Å². The van der Waals surface area contributed by atoms with E-state index in [0.717, 1.165) is 17.8 Å². The van der Waals surface area contributed by atoms with Crippen LogP contribution in [0, 0.1) is 13.8 Å². The van der Waals surface area contributed by atoms with Gasteiger partial charge in [0.15, 0.2) is 0 Å². The zero-order valence-corrected chi connectivity index (χ0v) is 11.3. The molecule has 1 atom stereocenters. The Balaban J connectivity index is 2.20. The molecular formula is C15H20N2O. The molecule has 0 amide bonds. The van der Waals surface area contributed by atoms with Crippen molar-refractivity contribution in [2.24, 2.45) is 0 Å². The highest BCUT2D eigenvalue weighted by Crippen LogP contribution is 2.35. The first-order chi connectivity index (χ1) is 8.70. The average molecular weight is 244 g/mol. The maximum Gasteiger partial charge on any atom is 0.143 e.